The number of thioether (sulfide) groups is 1. The highest BCUT2D eigenvalue weighted by Gasteiger charge is 2.23. The van der Waals surface area contributed by atoms with Crippen molar-refractivity contribution < 1.29 is 5.11 Å². The zero-order chi connectivity index (χ0) is 10.2. The maximum absolute atomic E-state index is 8.68. The number of hydrogen-bond donors (Lipinski definition) is 2. The molecular weight excluding hydrogens is 194 g/mol. The number of nitrogens with one attached hydrogen (secondary N) is 1. The van der Waals surface area contributed by atoms with E-state index in [9.17, 15) is 0 Å². The van der Waals surface area contributed by atoms with E-state index in [1.54, 1.807) is 0 Å². The second-order valence-corrected chi connectivity index (χ2v) is 5.44. The Morgan fingerprint density at radius 2 is 2.29 bits per heavy atom. The summed E-state index contributed by atoms with van der Waals surface area (Å²) < 4.78 is 0. The van der Waals surface area contributed by atoms with E-state index in [2.05, 4.69) is 12.2 Å². The van der Waals surface area contributed by atoms with Gasteiger partial charge in [-0.1, -0.05) is 6.92 Å². The Morgan fingerprint density at radius 1 is 1.43 bits per heavy atom. The van der Waals surface area contributed by atoms with Gasteiger partial charge in [0.15, 0.2) is 0 Å². The highest BCUT2D eigenvalue weighted by molar-refractivity contribution is 7.99. The lowest BCUT2D eigenvalue weighted by molar-refractivity contribution is 0.296. The molecule has 0 aromatic carbocycles. The maximum Gasteiger partial charge on any atom is 0.0438 e. The lowest BCUT2D eigenvalue weighted by Crippen LogP contribution is -2.27. The Balaban J connectivity index is 2.02. The molecule has 2 N–H and O–H groups in total. The molecule has 0 amide bonds. The molecule has 1 rings (SSSR count). The average Bonchev–Trinajstić information content (AvgIpc) is 2.63. The molecule has 2 atom stereocenters. The van der Waals surface area contributed by atoms with E-state index >= 15 is 0 Å². The van der Waals surface area contributed by atoms with Crippen molar-refractivity contribution in [2.45, 2.75) is 50.3 Å². The number of rotatable bonds is 7. The van der Waals surface area contributed by atoms with Crippen LogP contribution in [0.2, 0.25) is 0 Å². The molecule has 84 valence electrons. The minimum atomic E-state index is 0.344. The van der Waals surface area contributed by atoms with E-state index < -0.39 is 0 Å². The zero-order valence-electron chi connectivity index (χ0n) is 9.17. The Hall–Kier alpha value is 0.270. The van der Waals surface area contributed by atoms with Crippen LogP contribution in [0, 0.1) is 0 Å². The van der Waals surface area contributed by atoms with E-state index in [1.165, 1.54) is 32.2 Å². The van der Waals surface area contributed by atoms with Crippen molar-refractivity contribution in [3.8, 4) is 0 Å². The first-order valence-corrected chi connectivity index (χ1v) is 6.87. The molecule has 0 spiro atoms. The van der Waals surface area contributed by atoms with Crippen molar-refractivity contribution in [3.63, 3.8) is 0 Å². The lowest BCUT2D eigenvalue weighted by atomic mass is 10.2. The smallest absolute Gasteiger partial charge is 0.0438 e. The standard InChI is InChI=1S/C11H23NOS/c1-2-6-12-10-4-5-11(9-10)14-8-3-7-13/h10-13H,2-9H2,1H3. The van der Waals surface area contributed by atoms with Crippen molar-refractivity contribution >= 4 is 11.8 Å². The van der Waals surface area contributed by atoms with Crippen LogP contribution in [0.15, 0.2) is 0 Å². The Bertz CT molecular complexity index is 143. The predicted octanol–water partition coefficient (Wildman–Crippen LogP) is 2.02. The molecule has 1 fully saturated rings. The van der Waals surface area contributed by atoms with Gasteiger partial charge in [0.2, 0.25) is 0 Å². The topological polar surface area (TPSA) is 32.3 Å². The third kappa shape index (κ3) is 4.67. The first kappa shape index (κ1) is 12.3. The Morgan fingerprint density at radius 3 is 3.00 bits per heavy atom. The number of aliphatic hydroxyl groups is 1. The average molecular weight is 217 g/mol. The molecular formula is C11H23NOS. The quantitative estimate of drug-likeness (QED) is 0.640. The fraction of sp³-hybridized carbons (Fsp3) is 1.00. The first-order valence-electron chi connectivity index (χ1n) is 5.82. The normalized spacial score (nSPS) is 27.0. The molecule has 1 aliphatic carbocycles. The second kappa shape index (κ2) is 7.55. The molecule has 2 nitrogen and oxygen atoms in total. The summed E-state index contributed by atoms with van der Waals surface area (Å²) in [7, 11) is 0. The molecule has 0 aromatic rings. The number of hydrogen-bond acceptors (Lipinski definition) is 3. The van der Waals surface area contributed by atoms with Gasteiger partial charge in [-0.25, -0.2) is 0 Å². The van der Waals surface area contributed by atoms with Crippen molar-refractivity contribution in [2.75, 3.05) is 18.9 Å². The van der Waals surface area contributed by atoms with Crippen LogP contribution >= 0.6 is 11.8 Å². The van der Waals surface area contributed by atoms with Crippen LogP contribution in [0.1, 0.15) is 39.0 Å². The summed E-state index contributed by atoms with van der Waals surface area (Å²) in [5.74, 6) is 1.13. The summed E-state index contributed by atoms with van der Waals surface area (Å²) in [5.41, 5.74) is 0. The molecule has 0 aliphatic heterocycles. The first-order chi connectivity index (χ1) is 6.86. The van der Waals surface area contributed by atoms with Crippen molar-refractivity contribution in [3.05, 3.63) is 0 Å². The van der Waals surface area contributed by atoms with E-state index in [0.29, 0.717) is 6.61 Å². The molecule has 0 heterocycles. The summed E-state index contributed by atoms with van der Waals surface area (Å²) >= 11 is 2.05. The molecule has 0 bridgehead atoms. The molecule has 0 aromatic heterocycles. The summed E-state index contributed by atoms with van der Waals surface area (Å²) in [4.78, 5) is 0. The van der Waals surface area contributed by atoms with Gasteiger partial charge >= 0.3 is 0 Å². The van der Waals surface area contributed by atoms with E-state index in [0.717, 1.165) is 23.5 Å². The van der Waals surface area contributed by atoms with E-state index in [1.807, 2.05) is 11.8 Å². The molecule has 3 heteroatoms. The van der Waals surface area contributed by atoms with Gasteiger partial charge in [-0.2, -0.15) is 11.8 Å². The number of aliphatic hydroxyl groups excluding tert-OH is 1. The largest absolute Gasteiger partial charge is 0.396 e. The fourth-order valence-corrected chi connectivity index (χ4v) is 3.24. The van der Waals surface area contributed by atoms with Gasteiger partial charge in [0.05, 0.1) is 0 Å². The van der Waals surface area contributed by atoms with E-state index in [4.69, 9.17) is 5.11 Å². The van der Waals surface area contributed by atoms with Gasteiger partial charge in [-0.05, 0) is 44.4 Å². The van der Waals surface area contributed by atoms with Crippen LogP contribution < -0.4 is 5.32 Å². The van der Waals surface area contributed by atoms with Gasteiger partial charge in [-0.3, -0.25) is 0 Å². The van der Waals surface area contributed by atoms with Gasteiger partial charge in [0.1, 0.15) is 0 Å². The van der Waals surface area contributed by atoms with Crippen LogP contribution in [-0.4, -0.2) is 35.3 Å². The van der Waals surface area contributed by atoms with Gasteiger partial charge in [0, 0.05) is 17.9 Å². The van der Waals surface area contributed by atoms with Crippen molar-refractivity contribution in [2.24, 2.45) is 0 Å². The van der Waals surface area contributed by atoms with Crippen molar-refractivity contribution in [1.29, 1.82) is 0 Å². The summed E-state index contributed by atoms with van der Waals surface area (Å²) in [6, 6.07) is 0.765. The molecule has 1 saturated carbocycles. The van der Waals surface area contributed by atoms with Crippen LogP contribution in [0.25, 0.3) is 0 Å². The third-order valence-corrected chi connectivity index (χ3v) is 4.15. The van der Waals surface area contributed by atoms with Crippen LogP contribution in [0.4, 0.5) is 0 Å². The van der Waals surface area contributed by atoms with Gasteiger partial charge in [-0.15, -0.1) is 0 Å². The molecule has 14 heavy (non-hydrogen) atoms. The van der Waals surface area contributed by atoms with Gasteiger partial charge in [0.25, 0.3) is 0 Å². The molecule has 1 aliphatic rings. The fourth-order valence-electron chi connectivity index (χ4n) is 1.94. The second-order valence-electron chi connectivity index (χ2n) is 4.03. The highest BCUT2D eigenvalue weighted by Crippen LogP contribution is 2.30. The molecule has 0 saturated heterocycles. The highest BCUT2D eigenvalue weighted by atomic mass is 32.2. The maximum atomic E-state index is 8.68. The van der Waals surface area contributed by atoms with E-state index in [-0.39, 0.29) is 0 Å². The SMILES string of the molecule is CCCNC1CCC(SCCCO)C1. The minimum Gasteiger partial charge on any atom is -0.396 e. The van der Waals surface area contributed by atoms with Crippen LogP contribution in [0.5, 0.6) is 0 Å². The third-order valence-electron chi connectivity index (χ3n) is 2.72. The lowest BCUT2D eigenvalue weighted by Gasteiger charge is -2.12. The monoisotopic (exact) mass is 217 g/mol. The van der Waals surface area contributed by atoms with Crippen LogP contribution in [0.3, 0.4) is 0 Å². The van der Waals surface area contributed by atoms with Crippen LogP contribution in [-0.2, 0) is 0 Å². The zero-order valence-corrected chi connectivity index (χ0v) is 9.98. The summed E-state index contributed by atoms with van der Waals surface area (Å²) in [6.07, 6.45) is 6.22. The summed E-state index contributed by atoms with van der Waals surface area (Å²) in [6.45, 7) is 3.73. The van der Waals surface area contributed by atoms with Crippen molar-refractivity contribution in [1.82, 2.24) is 5.32 Å². The minimum absolute atomic E-state index is 0.344. The Kier molecular flexibility index (Phi) is 6.65. The predicted molar refractivity (Wildman–Crippen MR) is 63.9 cm³/mol. The molecule has 2 unspecified atom stereocenters. The van der Waals surface area contributed by atoms with Gasteiger partial charge < -0.3 is 10.4 Å². The Labute approximate surface area is 91.9 Å². The molecule has 0 radical (unpaired) electrons. The summed E-state index contributed by atoms with van der Waals surface area (Å²) in [5, 5.41) is 13.1.